The van der Waals surface area contributed by atoms with Gasteiger partial charge in [0.2, 0.25) is 0 Å². The number of benzene rings is 1. The van der Waals surface area contributed by atoms with E-state index in [-0.39, 0.29) is 0 Å². The van der Waals surface area contributed by atoms with Crippen LogP contribution in [0.15, 0.2) is 24.3 Å². The van der Waals surface area contributed by atoms with Crippen LogP contribution in [0.5, 0.6) is 0 Å². The van der Waals surface area contributed by atoms with Crippen LogP contribution in [-0.4, -0.2) is 38.7 Å². The minimum absolute atomic E-state index is 0.572. The smallest absolute Gasteiger partial charge is 0.155 e. The summed E-state index contributed by atoms with van der Waals surface area (Å²) in [5.74, 6) is 0.915. The van der Waals surface area contributed by atoms with Crippen molar-refractivity contribution in [3.05, 3.63) is 24.3 Å². The first-order valence-electron chi connectivity index (χ1n) is 8.15. The van der Waals surface area contributed by atoms with Gasteiger partial charge in [0.05, 0.1) is 10.5 Å². The molecule has 0 amide bonds. The Hall–Kier alpha value is -1.62. The van der Waals surface area contributed by atoms with Gasteiger partial charge in [-0.3, -0.25) is 5.10 Å². The second-order valence-electron chi connectivity index (χ2n) is 6.22. The van der Waals surface area contributed by atoms with E-state index in [1.165, 1.54) is 19.3 Å². The molecule has 0 saturated carbocycles. The predicted molar refractivity (Wildman–Crippen MR) is 96.4 cm³/mol. The summed E-state index contributed by atoms with van der Waals surface area (Å²) in [5.41, 5.74) is 1.06. The van der Waals surface area contributed by atoms with E-state index >= 15 is 0 Å². The Morgan fingerprint density at radius 3 is 2.82 bits per heavy atom. The number of fused-ring (bicyclic) bond motifs is 1. The summed E-state index contributed by atoms with van der Waals surface area (Å²) in [6, 6.07) is 9.30. The van der Waals surface area contributed by atoms with Gasteiger partial charge in [0, 0.05) is 30.4 Å². The van der Waals surface area contributed by atoms with Crippen molar-refractivity contribution in [2.45, 2.75) is 51.6 Å². The zero-order chi connectivity index (χ0) is 15.5. The summed E-state index contributed by atoms with van der Waals surface area (Å²) < 4.78 is 0. The van der Waals surface area contributed by atoms with Gasteiger partial charge in [-0.15, -0.1) is 0 Å². The van der Waals surface area contributed by atoms with Crippen molar-refractivity contribution in [2.75, 3.05) is 11.9 Å². The minimum Gasteiger partial charge on any atom is -0.368 e. The van der Waals surface area contributed by atoms with Gasteiger partial charge >= 0.3 is 0 Å². The van der Waals surface area contributed by atoms with Crippen LogP contribution < -0.4 is 5.32 Å². The highest BCUT2D eigenvalue weighted by atomic mass is 32.1. The lowest BCUT2D eigenvalue weighted by molar-refractivity contribution is 0.192. The summed E-state index contributed by atoms with van der Waals surface area (Å²) in [6.07, 6.45) is 4.70. The normalized spacial score (nSPS) is 22.0. The summed E-state index contributed by atoms with van der Waals surface area (Å²) in [7, 11) is 0. The molecule has 0 bridgehead atoms. The van der Waals surface area contributed by atoms with Gasteiger partial charge in [0.25, 0.3) is 0 Å². The van der Waals surface area contributed by atoms with Crippen molar-refractivity contribution in [3.63, 3.8) is 0 Å². The van der Waals surface area contributed by atoms with E-state index in [1.807, 2.05) is 18.2 Å². The molecule has 1 aliphatic rings. The summed E-state index contributed by atoms with van der Waals surface area (Å²) in [5, 5.41) is 11.9. The monoisotopic (exact) mass is 316 g/mol. The summed E-state index contributed by atoms with van der Waals surface area (Å²) in [6.45, 7) is 5.40. The molecule has 0 aliphatic carbocycles. The second-order valence-corrected chi connectivity index (χ2v) is 6.70. The number of hydrogen-bond donors (Lipinski definition) is 2. The molecule has 3 rings (SSSR count). The molecule has 2 atom stereocenters. The van der Waals surface area contributed by atoms with E-state index < -0.39 is 0 Å². The lowest BCUT2D eigenvalue weighted by Gasteiger charge is -2.41. The Bertz CT molecular complexity index is 641. The Morgan fingerprint density at radius 2 is 2.05 bits per heavy atom. The molecule has 2 N–H and O–H groups in total. The van der Waals surface area contributed by atoms with Crippen LogP contribution in [0.25, 0.3) is 10.9 Å². The number of H-pyrrole nitrogens is 1. The fourth-order valence-corrected chi connectivity index (χ4v) is 3.89. The molecule has 1 aromatic heterocycles. The maximum Gasteiger partial charge on any atom is 0.155 e. The zero-order valence-corrected chi connectivity index (χ0v) is 14.1. The first-order chi connectivity index (χ1) is 10.7. The Balaban J connectivity index is 1.57. The van der Waals surface area contributed by atoms with E-state index in [9.17, 15) is 0 Å². The van der Waals surface area contributed by atoms with Gasteiger partial charge in [-0.2, -0.15) is 5.10 Å². The highest BCUT2D eigenvalue weighted by Gasteiger charge is 2.26. The number of aromatic nitrogens is 2. The van der Waals surface area contributed by atoms with Crippen molar-refractivity contribution >= 4 is 33.9 Å². The number of anilines is 1. The van der Waals surface area contributed by atoms with E-state index in [2.05, 4.69) is 40.3 Å². The fourth-order valence-electron chi connectivity index (χ4n) is 3.43. The molecular weight excluding hydrogens is 292 g/mol. The van der Waals surface area contributed by atoms with Gasteiger partial charge in [-0.1, -0.05) is 24.4 Å². The van der Waals surface area contributed by atoms with Crippen molar-refractivity contribution < 1.29 is 0 Å². The van der Waals surface area contributed by atoms with Crippen LogP contribution >= 0.6 is 12.2 Å². The third-order valence-corrected chi connectivity index (χ3v) is 5.00. The number of likely N-dealkylation sites (tertiary alicyclic amines) is 1. The SMILES string of the molecule is CC1CCCC(C)N1C(=S)CCNc1n[nH]c2ccccc12. The highest BCUT2D eigenvalue weighted by Crippen LogP contribution is 2.24. The average Bonchev–Trinajstić information content (AvgIpc) is 2.91. The van der Waals surface area contributed by atoms with Crippen LogP contribution in [0.2, 0.25) is 0 Å². The Labute approximate surface area is 137 Å². The maximum atomic E-state index is 5.68. The quantitative estimate of drug-likeness (QED) is 0.838. The van der Waals surface area contributed by atoms with Gasteiger partial charge < -0.3 is 10.2 Å². The third-order valence-electron chi connectivity index (χ3n) is 4.58. The van der Waals surface area contributed by atoms with Gasteiger partial charge in [-0.05, 0) is 45.2 Å². The molecule has 0 spiro atoms. The molecule has 118 valence electrons. The van der Waals surface area contributed by atoms with E-state index in [0.717, 1.165) is 34.7 Å². The number of piperidine rings is 1. The lowest BCUT2D eigenvalue weighted by atomic mass is 9.97. The fraction of sp³-hybridized carbons (Fsp3) is 0.529. The molecule has 2 aromatic rings. The number of para-hydroxylation sites is 1. The first kappa shape index (κ1) is 15.3. The first-order valence-corrected chi connectivity index (χ1v) is 8.56. The number of rotatable bonds is 4. The molecule has 5 heteroatoms. The molecule has 1 aromatic carbocycles. The third kappa shape index (κ3) is 3.09. The number of nitrogens with one attached hydrogen (secondary N) is 2. The molecule has 4 nitrogen and oxygen atoms in total. The van der Waals surface area contributed by atoms with Gasteiger partial charge in [-0.25, -0.2) is 0 Å². The van der Waals surface area contributed by atoms with Crippen molar-refractivity contribution in [1.29, 1.82) is 0 Å². The van der Waals surface area contributed by atoms with Gasteiger partial charge in [0.15, 0.2) is 5.82 Å². The number of nitrogens with zero attached hydrogens (tertiary/aromatic N) is 2. The summed E-state index contributed by atoms with van der Waals surface area (Å²) >= 11 is 5.68. The molecule has 1 saturated heterocycles. The van der Waals surface area contributed by atoms with Crippen molar-refractivity contribution in [1.82, 2.24) is 15.1 Å². The molecular formula is C17H24N4S. The number of hydrogen-bond acceptors (Lipinski definition) is 3. The lowest BCUT2D eigenvalue weighted by Crippen LogP contribution is -2.47. The van der Waals surface area contributed by atoms with Crippen LogP contribution in [-0.2, 0) is 0 Å². The van der Waals surface area contributed by atoms with E-state index in [0.29, 0.717) is 12.1 Å². The average molecular weight is 316 g/mol. The topological polar surface area (TPSA) is 44.0 Å². The Morgan fingerprint density at radius 1 is 1.32 bits per heavy atom. The van der Waals surface area contributed by atoms with Crippen LogP contribution in [0.3, 0.4) is 0 Å². The van der Waals surface area contributed by atoms with Gasteiger partial charge in [0.1, 0.15) is 0 Å². The molecule has 2 unspecified atom stereocenters. The van der Waals surface area contributed by atoms with E-state index in [1.54, 1.807) is 0 Å². The highest BCUT2D eigenvalue weighted by molar-refractivity contribution is 7.80. The number of thiocarbonyl (C=S) groups is 1. The molecule has 0 radical (unpaired) electrons. The van der Waals surface area contributed by atoms with Crippen LogP contribution in [0.1, 0.15) is 39.5 Å². The van der Waals surface area contributed by atoms with Crippen LogP contribution in [0.4, 0.5) is 5.82 Å². The molecule has 1 fully saturated rings. The van der Waals surface area contributed by atoms with E-state index in [4.69, 9.17) is 12.2 Å². The second kappa shape index (κ2) is 6.65. The maximum absolute atomic E-state index is 5.68. The molecule has 2 heterocycles. The number of aromatic amines is 1. The largest absolute Gasteiger partial charge is 0.368 e. The van der Waals surface area contributed by atoms with Crippen molar-refractivity contribution in [2.24, 2.45) is 0 Å². The molecule has 22 heavy (non-hydrogen) atoms. The van der Waals surface area contributed by atoms with Crippen molar-refractivity contribution in [3.8, 4) is 0 Å². The predicted octanol–water partition coefficient (Wildman–Crippen LogP) is 3.96. The standard InChI is InChI=1S/C17H24N4S/c1-12-6-5-7-13(2)21(12)16(22)10-11-18-17-14-8-3-4-9-15(14)19-20-17/h3-4,8-9,12-13H,5-7,10-11H2,1-2H3,(H2,18,19,20). The molecule has 1 aliphatic heterocycles. The van der Waals surface area contributed by atoms with Crippen LogP contribution in [0, 0.1) is 0 Å². The zero-order valence-electron chi connectivity index (χ0n) is 13.3. The minimum atomic E-state index is 0.572. The summed E-state index contributed by atoms with van der Waals surface area (Å²) in [4.78, 5) is 3.51. The Kier molecular flexibility index (Phi) is 4.62.